The van der Waals surface area contributed by atoms with Gasteiger partial charge in [-0.25, -0.2) is 0 Å². The average Bonchev–Trinajstić information content (AvgIpc) is 2.81. The standard InChI is InChI=1S/C15H18BrN3O2S/c1-9-18-19-14(22-9)17-13(20)8-21-12-6-5-10(7-11(12)16)15(2,3)4/h5-7H,8H2,1-4H3,(H,17,19,20). The number of anilines is 1. The van der Waals surface area contributed by atoms with Gasteiger partial charge < -0.3 is 4.74 Å². The van der Waals surface area contributed by atoms with E-state index < -0.39 is 0 Å². The largest absolute Gasteiger partial charge is 0.483 e. The molecule has 0 fully saturated rings. The van der Waals surface area contributed by atoms with Crippen molar-refractivity contribution in [2.75, 3.05) is 11.9 Å². The molecule has 0 saturated carbocycles. The van der Waals surface area contributed by atoms with Crippen molar-refractivity contribution in [1.29, 1.82) is 0 Å². The van der Waals surface area contributed by atoms with Gasteiger partial charge in [0.1, 0.15) is 10.8 Å². The Bertz CT molecular complexity index is 680. The van der Waals surface area contributed by atoms with E-state index in [0.717, 1.165) is 9.48 Å². The number of halogens is 1. The summed E-state index contributed by atoms with van der Waals surface area (Å²) in [5.41, 5.74) is 1.26. The number of nitrogens with zero attached hydrogens (tertiary/aromatic N) is 2. The van der Waals surface area contributed by atoms with Gasteiger partial charge in [0.2, 0.25) is 5.13 Å². The van der Waals surface area contributed by atoms with Crippen LogP contribution in [-0.2, 0) is 10.2 Å². The monoisotopic (exact) mass is 383 g/mol. The van der Waals surface area contributed by atoms with Crippen molar-refractivity contribution >= 4 is 38.3 Å². The van der Waals surface area contributed by atoms with E-state index >= 15 is 0 Å². The van der Waals surface area contributed by atoms with E-state index in [2.05, 4.69) is 52.2 Å². The predicted molar refractivity (Wildman–Crippen MR) is 91.6 cm³/mol. The summed E-state index contributed by atoms with van der Waals surface area (Å²) in [6.07, 6.45) is 0. The molecule has 0 spiro atoms. The highest BCUT2D eigenvalue weighted by molar-refractivity contribution is 9.10. The Hall–Kier alpha value is -1.47. The maximum absolute atomic E-state index is 11.8. The normalized spacial score (nSPS) is 11.3. The topological polar surface area (TPSA) is 64.1 Å². The number of aryl methyl sites for hydroxylation is 1. The molecule has 1 aromatic heterocycles. The van der Waals surface area contributed by atoms with Crippen molar-refractivity contribution in [1.82, 2.24) is 10.2 Å². The summed E-state index contributed by atoms with van der Waals surface area (Å²) in [6.45, 7) is 8.19. The van der Waals surface area contributed by atoms with Crippen LogP contribution in [0, 0.1) is 6.92 Å². The molecule has 0 aliphatic rings. The molecule has 7 heteroatoms. The molecule has 0 saturated heterocycles. The Morgan fingerprint density at radius 3 is 2.64 bits per heavy atom. The molecule has 2 aromatic rings. The first-order valence-electron chi connectivity index (χ1n) is 6.78. The lowest BCUT2D eigenvalue weighted by atomic mass is 9.87. The molecule has 118 valence electrons. The van der Waals surface area contributed by atoms with Gasteiger partial charge in [-0.2, -0.15) is 0 Å². The summed E-state index contributed by atoms with van der Waals surface area (Å²) in [5, 5.41) is 11.6. The predicted octanol–water partition coefficient (Wildman–Crippen LogP) is 3.92. The van der Waals surface area contributed by atoms with Crippen molar-refractivity contribution in [3.63, 3.8) is 0 Å². The lowest BCUT2D eigenvalue weighted by Crippen LogP contribution is -2.20. The van der Waals surface area contributed by atoms with E-state index in [0.29, 0.717) is 10.9 Å². The molecule has 1 aromatic carbocycles. The van der Waals surface area contributed by atoms with Crippen LogP contribution in [0.1, 0.15) is 31.3 Å². The summed E-state index contributed by atoms with van der Waals surface area (Å²) in [7, 11) is 0. The van der Waals surface area contributed by atoms with Crippen LogP contribution in [0.3, 0.4) is 0 Å². The number of benzene rings is 1. The number of nitrogens with one attached hydrogen (secondary N) is 1. The van der Waals surface area contributed by atoms with Crippen LogP contribution < -0.4 is 10.1 Å². The lowest BCUT2D eigenvalue weighted by Gasteiger charge is -2.20. The van der Waals surface area contributed by atoms with E-state index in [1.54, 1.807) is 0 Å². The van der Waals surface area contributed by atoms with Gasteiger partial charge in [-0.3, -0.25) is 10.1 Å². The van der Waals surface area contributed by atoms with Crippen LogP contribution in [0.5, 0.6) is 5.75 Å². The van der Waals surface area contributed by atoms with Crippen molar-refractivity contribution in [2.24, 2.45) is 0 Å². The molecule has 5 nitrogen and oxygen atoms in total. The molecule has 0 aliphatic carbocycles. The van der Waals surface area contributed by atoms with Gasteiger partial charge >= 0.3 is 0 Å². The number of ether oxygens (including phenoxy) is 1. The second-order valence-electron chi connectivity index (χ2n) is 5.86. The van der Waals surface area contributed by atoms with Gasteiger partial charge in [0.15, 0.2) is 6.61 Å². The number of carbonyl (C=O) groups excluding carboxylic acids is 1. The smallest absolute Gasteiger partial charge is 0.264 e. The number of amides is 1. The van der Waals surface area contributed by atoms with Crippen LogP contribution in [0.2, 0.25) is 0 Å². The first-order chi connectivity index (χ1) is 10.3. The van der Waals surface area contributed by atoms with Gasteiger partial charge in [-0.15, -0.1) is 10.2 Å². The Morgan fingerprint density at radius 2 is 2.09 bits per heavy atom. The van der Waals surface area contributed by atoms with Crippen molar-refractivity contribution in [3.05, 3.63) is 33.2 Å². The first kappa shape index (κ1) is 16.9. The quantitative estimate of drug-likeness (QED) is 0.868. The van der Waals surface area contributed by atoms with Gasteiger partial charge in [-0.1, -0.05) is 38.2 Å². The Morgan fingerprint density at radius 1 is 1.36 bits per heavy atom. The van der Waals surface area contributed by atoms with Crippen molar-refractivity contribution in [3.8, 4) is 5.75 Å². The number of aromatic nitrogens is 2. The van der Waals surface area contributed by atoms with Crippen LogP contribution in [-0.4, -0.2) is 22.7 Å². The molecular weight excluding hydrogens is 366 g/mol. The molecule has 2 rings (SSSR count). The van der Waals surface area contributed by atoms with Crippen LogP contribution in [0.15, 0.2) is 22.7 Å². The first-order valence-corrected chi connectivity index (χ1v) is 8.39. The van der Waals surface area contributed by atoms with Crippen LogP contribution in [0.25, 0.3) is 0 Å². The Kier molecular flexibility index (Phi) is 5.18. The minimum absolute atomic E-state index is 0.0636. The van der Waals surface area contributed by atoms with Crippen LogP contribution in [0.4, 0.5) is 5.13 Å². The third kappa shape index (κ3) is 4.51. The molecule has 0 bridgehead atoms. The van der Waals surface area contributed by atoms with Gasteiger partial charge in [0.25, 0.3) is 5.91 Å². The third-order valence-electron chi connectivity index (χ3n) is 2.93. The minimum atomic E-state index is -0.261. The molecule has 1 amide bonds. The zero-order valence-electron chi connectivity index (χ0n) is 12.9. The van der Waals surface area contributed by atoms with Crippen molar-refractivity contribution in [2.45, 2.75) is 33.1 Å². The molecule has 0 aliphatic heterocycles. The zero-order valence-corrected chi connectivity index (χ0v) is 15.3. The molecule has 1 N–H and O–H groups in total. The second kappa shape index (κ2) is 6.75. The number of hydrogen-bond acceptors (Lipinski definition) is 5. The number of rotatable bonds is 4. The van der Waals surface area contributed by atoms with E-state index in [9.17, 15) is 4.79 Å². The van der Waals surface area contributed by atoms with Gasteiger partial charge in [-0.05, 0) is 46.0 Å². The van der Waals surface area contributed by atoms with Gasteiger partial charge in [0.05, 0.1) is 4.47 Å². The van der Waals surface area contributed by atoms with Gasteiger partial charge in [0, 0.05) is 0 Å². The fourth-order valence-corrected chi connectivity index (χ4v) is 2.83. The molecule has 0 atom stereocenters. The Balaban J connectivity index is 1.95. The maximum Gasteiger partial charge on any atom is 0.264 e. The second-order valence-corrected chi connectivity index (χ2v) is 7.89. The third-order valence-corrected chi connectivity index (χ3v) is 4.30. The fraction of sp³-hybridized carbons (Fsp3) is 0.400. The number of hydrogen-bond donors (Lipinski definition) is 1. The minimum Gasteiger partial charge on any atom is -0.483 e. The fourth-order valence-electron chi connectivity index (χ4n) is 1.73. The summed E-state index contributed by atoms with van der Waals surface area (Å²) < 4.78 is 6.38. The van der Waals surface area contributed by atoms with Crippen LogP contribution >= 0.6 is 27.3 Å². The highest BCUT2D eigenvalue weighted by Crippen LogP contribution is 2.31. The van der Waals surface area contributed by atoms with E-state index in [4.69, 9.17) is 4.74 Å². The van der Waals surface area contributed by atoms with E-state index in [1.165, 1.54) is 16.9 Å². The molecule has 0 radical (unpaired) electrons. The lowest BCUT2D eigenvalue weighted by molar-refractivity contribution is -0.118. The number of carbonyl (C=O) groups is 1. The van der Waals surface area contributed by atoms with E-state index in [-0.39, 0.29) is 17.9 Å². The zero-order chi connectivity index (χ0) is 16.3. The molecule has 22 heavy (non-hydrogen) atoms. The average molecular weight is 384 g/mol. The van der Waals surface area contributed by atoms with Crippen molar-refractivity contribution < 1.29 is 9.53 Å². The van der Waals surface area contributed by atoms with E-state index in [1.807, 2.05) is 25.1 Å². The maximum atomic E-state index is 11.8. The Labute approximate surface area is 142 Å². The highest BCUT2D eigenvalue weighted by Gasteiger charge is 2.16. The molecular formula is C15H18BrN3O2S. The highest BCUT2D eigenvalue weighted by atomic mass is 79.9. The summed E-state index contributed by atoms with van der Waals surface area (Å²) >= 11 is 4.81. The summed E-state index contributed by atoms with van der Waals surface area (Å²) in [5.74, 6) is 0.375. The summed E-state index contributed by atoms with van der Waals surface area (Å²) in [4.78, 5) is 11.8. The molecule has 1 heterocycles. The SMILES string of the molecule is Cc1nnc(NC(=O)COc2ccc(C(C)(C)C)cc2Br)s1. The molecule has 0 unspecified atom stereocenters. The summed E-state index contributed by atoms with van der Waals surface area (Å²) in [6, 6.07) is 5.89.